The van der Waals surface area contributed by atoms with Gasteiger partial charge in [-0.25, -0.2) is 8.42 Å². The van der Waals surface area contributed by atoms with Gasteiger partial charge in [0.05, 0.1) is 17.2 Å². The standard InChI is InChI=1S/C22H26N2O4S/c1-4-28-22-14(2)10-19(11-15(22)3)29(26,27)23-18-12-16-6-5-9-24-20(25)8-7-17(13-18)21(16)24/h10-13,23H,4-9H2,1-3H3. The van der Waals surface area contributed by atoms with E-state index in [2.05, 4.69) is 4.72 Å². The first kappa shape index (κ1) is 19.8. The largest absolute Gasteiger partial charge is 0.493 e. The second-order valence-corrected chi connectivity index (χ2v) is 9.40. The molecule has 0 spiro atoms. The van der Waals surface area contributed by atoms with Crippen LogP contribution in [-0.4, -0.2) is 27.5 Å². The van der Waals surface area contributed by atoms with Gasteiger partial charge in [-0.1, -0.05) is 0 Å². The number of carbonyl (C=O) groups is 1. The van der Waals surface area contributed by atoms with Gasteiger partial charge in [0.2, 0.25) is 5.91 Å². The molecule has 6 nitrogen and oxygen atoms in total. The number of nitrogens with one attached hydrogen (secondary N) is 1. The molecule has 0 saturated carbocycles. The molecular weight excluding hydrogens is 388 g/mol. The fourth-order valence-electron chi connectivity index (χ4n) is 4.36. The number of nitrogens with zero attached hydrogens (tertiary/aromatic N) is 1. The first-order valence-electron chi connectivity index (χ1n) is 10.0. The lowest BCUT2D eigenvalue weighted by molar-refractivity contribution is -0.119. The molecule has 0 unspecified atom stereocenters. The SMILES string of the molecule is CCOc1c(C)cc(S(=O)(=O)Nc2cc3c4c(c2)CCC(=O)N4CCC3)cc1C. The number of hydrogen-bond acceptors (Lipinski definition) is 4. The van der Waals surface area contributed by atoms with Gasteiger partial charge in [-0.15, -0.1) is 0 Å². The van der Waals surface area contributed by atoms with Gasteiger partial charge in [0, 0.05) is 18.7 Å². The third kappa shape index (κ3) is 3.59. The van der Waals surface area contributed by atoms with E-state index in [-0.39, 0.29) is 10.8 Å². The Morgan fingerprint density at radius 1 is 1.03 bits per heavy atom. The Morgan fingerprint density at radius 3 is 2.34 bits per heavy atom. The zero-order valence-electron chi connectivity index (χ0n) is 17.0. The second-order valence-electron chi connectivity index (χ2n) is 7.72. The zero-order valence-corrected chi connectivity index (χ0v) is 17.9. The van der Waals surface area contributed by atoms with Crippen LogP contribution in [0.4, 0.5) is 11.4 Å². The van der Waals surface area contributed by atoms with Crippen molar-refractivity contribution in [3.63, 3.8) is 0 Å². The summed E-state index contributed by atoms with van der Waals surface area (Å²) < 4.78 is 34.5. The van der Waals surface area contributed by atoms with Crippen molar-refractivity contribution in [2.24, 2.45) is 0 Å². The summed E-state index contributed by atoms with van der Waals surface area (Å²) in [5, 5.41) is 0. The molecule has 2 aromatic carbocycles. The first-order valence-corrected chi connectivity index (χ1v) is 11.5. The molecule has 1 N–H and O–H groups in total. The van der Waals surface area contributed by atoms with Crippen molar-refractivity contribution < 1.29 is 17.9 Å². The summed E-state index contributed by atoms with van der Waals surface area (Å²) in [6.45, 7) is 6.89. The normalized spacial score (nSPS) is 15.8. The number of sulfonamides is 1. The van der Waals surface area contributed by atoms with Gasteiger partial charge in [0.1, 0.15) is 5.75 Å². The molecular formula is C22H26N2O4S. The van der Waals surface area contributed by atoms with Crippen molar-refractivity contribution in [2.75, 3.05) is 22.8 Å². The molecule has 0 fully saturated rings. The third-order valence-corrected chi connectivity index (χ3v) is 6.92. The van der Waals surface area contributed by atoms with E-state index in [1.165, 1.54) is 0 Å². The number of hydrogen-bond donors (Lipinski definition) is 1. The van der Waals surface area contributed by atoms with Crippen LogP contribution in [-0.2, 0) is 27.7 Å². The van der Waals surface area contributed by atoms with Crippen LogP contribution in [0.5, 0.6) is 5.75 Å². The summed E-state index contributed by atoms with van der Waals surface area (Å²) in [5.41, 5.74) is 5.21. The van der Waals surface area contributed by atoms with E-state index in [9.17, 15) is 13.2 Å². The molecule has 4 rings (SSSR count). The summed E-state index contributed by atoms with van der Waals surface area (Å²) in [7, 11) is -3.73. The second kappa shape index (κ2) is 7.37. The molecule has 2 aliphatic rings. The molecule has 7 heteroatoms. The Kier molecular flexibility index (Phi) is 5.02. The lowest BCUT2D eigenvalue weighted by Gasteiger charge is -2.35. The van der Waals surface area contributed by atoms with Crippen LogP contribution < -0.4 is 14.4 Å². The van der Waals surface area contributed by atoms with Crippen molar-refractivity contribution in [1.82, 2.24) is 0 Å². The molecule has 1 amide bonds. The highest BCUT2D eigenvalue weighted by molar-refractivity contribution is 7.92. The van der Waals surface area contributed by atoms with Crippen molar-refractivity contribution in [1.29, 1.82) is 0 Å². The van der Waals surface area contributed by atoms with Gasteiger partial charge in [-0.05, 0) is 86.6 Å². The van der Waals surface area contributed by atoms with Gasteiger partial charge < -0.3 is 9.64 Å². The smallest absolute Gasteiger partial charge is 0.261 e. The molecule has 29 heavy (non-hydrogen) atoms. The Hall–Kier alpha value is -2.54. The number of anilines is 2. The van der Waals surface area contributed by atoms with Gasteiger partial charge in [0.15, 0.2) is 0 Å². The molecule has 0 bridgehead atoms. The maximum atomic E-state index is 13.1. The van der Waals surface area contributed by atoms with Crippen molar-refractivity contribution in [2.45, 2.75) is 51.3 Å². The topological polar surface area (TPSA) is 75.7 Å². The molecule has 0 atom stereocenters. The lowest BCUT2D eigenvalue weighted by atomic mass is 9.91. The minimum atomic E-state index is -3.73. The predicted octanol–water partition coefficient (Wildman–Crippen LogP) is 3.73. The number of aryl methyl sites for hydroxylation is 4. The van der Waals surface area contributed by atoms with Gasteiger partial charge in [-0.3, -0.25) is 9.52 Å². The monoisotopic (exact) mass is 414 g/mol. The maximum absolute atomic E-state index is 13.1. The quantitative estimate of drug-likeness (QED) is 0.809. The first-order chi connectivity index (χ1) is 13.8. The highest BCUT2D eigenvalue weighted by atomic mass is 32.2. The summed E-state index contributed by atoms with van der Waals surface area (Å²) in [6, 6.07) is 7.02. The Labute approximate surface area is 171 Å². The third-order valence-electron chi connectivity index (χ3n) is 5.56. The molecule has 2 heterocycles. The van der Waals surface area contributed by atoms with Crippen molar-refractivity contribution in [3.8, 4) is 5.75 Å². The highest BCUT2D eigenvalue weighted by Gasteiger charge is 2.30. The summed E-state index contributed by atoms with van der Waals surface area (Å²) >= 11 is 0. The van der Waals surface area contributed by atoms with E-state index < -0.39 is 10.0 Å². The zero-order chi connectivity index (χ0) is 20.8. The van der Waals surface area contributed by atoms with Crippen LogP contribution in [0.1, 0.15) is 42.0 Å². The van der Waals surface area contributed by atoms with Crippen LogP contribution in [0, 0.1) is 13.8 Å². The number of benzene rings is 2. The van der Waals surface area contributed by atoms with Crippen LogP contribution in [0.2, 0.25) is 0 Å². The van der Waals surface area contributed by atoms with Crippen molar-refractivity contribution in [3.05, 3.63) is 46.5 Å². The van der Waals surface area contributed by atoms with E-state index in [1.54, 1.807) is 12.1 Å². The molecule has 2 aliphatic heterocycles. The summed E-state index contributed by atoms with van der Waals surface area (Å²) in [6.07, 6.45) is 2.86. The minimum Gasteiger partial charge on any atom is -0.493 e. The number of ether oxygens (including phenoxy) is 1. The fraction of sp³-hybridized carbons (Fsp3) is 0.409. The average Bonchev–Trinajstić information content (AvgIpc) is 2.67. The predicted molar refractivity (Wildman–Crippen MR) is 113 cm³/mol. The van der Waals surface area contributed by atoms with Gasteiger partial charge >= 0.3 is 0 Å². The molecule has 154 valence electrons. The Morgan fingerprint density at radius 2 is 1.69 bits per heavy atom. The van der Waals surface area contributed by atoms with Crippen LogP contribution in [0.25, 0.3) is 0 Å². The van der Waals surface area contributed by atoms with Gasteiger partial charge in [-0.2, -0.15) is 0 Å². The maximum Gasteiger partial charge on any atom is 0.261 e. The average molecular weight is 415 g/mol. The highest BCUT2D eigenvalue weighted by Crippen LogP contribution is 2.38. The molecule has 0 radical (unpaired) electrons. The fourth-order valence-corrected chi connectivity index (χ4v) is 5.57. The van der Waals surface area contributed by atoms with Crippen molar-refractivity contribution >= 4 is 27.3 Å². The van der Waals surface area contributed by atoms with Crippen LogP contribution >= 0.6 is 0 Å². The van der Waals surface area contributed by atoms with E-state index in [1.807, 2.05) is 37.8 Å². The van der Waals surface area contributed by atoms with E-state index in [0.717, 1.165) is 53.1 Å². The molecule has 2 aromatic rings. The summed E-state index contributed by atoms with van der Waals surface area (Å²) in [5.74, 6) is 0.890. The van der Waals surface area contributed by atoms with E-state index in [4.69, 9.17) is 4.74 Å². The molecule has 0 aromatic heterocycles. The van der Waals surface area contributed by atoms with E-state index >= 15 is 0 Å². The number of carbonyl (C=O) groups excluding carboxylic acids is 1. The minimum absolute atomic E-state index is 0.159. The number of amides is 1. The molecule has 0 aliphatic carbocycles. The van der Waals surface area contributed by atoms with Crippen LogP contribution in [0.3, 0.4) is 0 Å². The number of rotatable bonds is 5. The van der Waals surface area contributed by atoms with Gasteiger partial charge in [0.25, 0.3) is 10.0 Å². The molecule has 0 saturated heterocycles. The van der Waals surface area contributed by atoms with Crippen LogP contribution in [0.15, 0.2) is 29.2 Å². The Bertz CT molecular complexity index is 1050. The lowest BCUT2D eigenvalue weighted by Crippen LogP contribution is -2.39. The Balaban J connectivity index is 1.69. The summed E-state index contributed by atoms with van der Waals surface area (Å²) in [4.78, 5) is 14.3. The van der Waals surface area contributed by atoms with E-state index in [0.29, 0.717) is 25.1 Å².